The quantitative estimate of drug-likeness (QED) is 0.592. The second kappa shape index (κ2) is 3.22. The lowest BCUT2D eigenvalue weighted by atomic mass is 10.2. The highest BCUT2D eigenvalue weighted by molar-refractivity contribution is 6.33. The molecule has 76 valence electrons. The Morgan fingerprint density at radius 2 is 2.12 bits per heavy atom. The minimum Gasteiger partial charge on any atom is -0.312 e. The summed E-state index contributed by atoms with van der Waals surface area (Å²) in [6.45, 7) is 0. The molecule has 3 aromatic rings. The van der Waals surface area contributed by atoms with Gasteiger partial charge in [-0.3, -0.25) is 0 Å². The van der Waals surface area contributed by atoms with Crippen LogP contribution in [0, 0.1) is 11.3 Å². The van der Waals surface area contributed by atoms with Crippen LogP contribution in [0.25, 0.3) is 16.6 Å². The molecule has 0 aliphatic heterocycles. The van der Waals surface area contributed by atoms with Crippen molar-refractivity contribution in [2.24, 2.45) is 0 Å². The van der Waals surface area contributed by atoms with E-state index >= 15 is 0 Å². The first-order valence-corrected chi connectivity index (χ1v) is 5.14. The number of hydrogen-bond acceptors (Lipinski definition) is 2. The molecule has 0 bridgehead atoms. The standard InChI is InChI=1S/C12H6ClN3/c13-12-11-2-1-5-16(11)10-4-3-8(7-14)6-9(10)15-12/h1-6H. The third-order valence-electron chi connectivity index (χ3n) is 2.54. The molecule has 0 spiro atoms. The minimum atomic E-state index is 0.451. The van der Waals surface area contributed by atoms with Crippen molar-refractivity contribution < 1.29 is 0 Å². The van der Waals surface area contributed by atoms with E-state index < -0.39 is 0 Å². The minimum absolute atomic E-state index is 0.451. The first-order valence-electron chi connectivity index (χ1n) is 4.76. The number of halogens is 1. The van der Waals surface area contributed by atoms with Gasteiger partial charge < -0.3 is 4.40 Å². The maximum atomic E-state index is 8.82. The molecule has 0 fully saturated rings. The third kappa shape index (κ3) is 1.17. The topological polar surface area (TPSA) is 41.1 Å². The number of nitriles is 1. The summed E-state index contributed by atoms with van der Waals surface area (Å²) in [4.78, 5) is 4.28. The molecule has 0 unspecified atom stereocenters. The summed E-state index contributed by atoms with van der Waals surface area (Å²) < 4.78 is 1.96. The smallest absolute Gasteiger partial charge is 0.153 e. The molecule has 0 saturated heterocycles. The van der Waals surface area contributed by atoms with Gasteiger partial charge in [0.2, 0.25) is 0 Å². The lowest BCUT2D eigenvalue weighted by molar-refractivity contribution is 1.23. The first-order chi connectivity index (χ1) is 7.79. The number of hydrogen-bond donors (Lipinski definition) is 0. The number of rotatable bonds is 0. The number of nitrogens with zero attached hydrogens (tertiary/aromatic N) is 3. The van der Waals surface area contributed by atoms with Gasteiger partial charge in [-0.1, -0.05) is 11.6 Å². The average molecular weight is 228 g/mol. The molecule has 0 aliphatic rings. The van der Waals surface area contributed by atoms with E-state index in [-0.39, 0.29) is 0 Å². The Kier molecular flexibility index (Phi) is 1.85. The fourth-order valence-corrected chi connectivity index (χ4v) is 2.05. The Bertz CT molecular complexity index is 737. The summed E-state index contributed by atoms with van der Waals surface area (Å²) in [5, 5.41) is 9.27. The van der Waals surface area contributed by atoms with Crippen molar-refractivity contribution in [2.45, 2.75) is 0 Å². The van der Waals surface area contributed by atoms with Crippen LogP contribution in [-0.2, 0) is 0 Å². The molecule has 4 heteroatoms. The van der Waals surface area contributed by atoms with Crippen LogP contribution in [0.3, 0.4) is 0 Å². The largest absolute Gasteiger partial charge is 0.312 e. The summed E-state index contributed by atoms with van der Waals surface area (Å²) in [6, 6.07) is 11.3. The predicted molar refractivity (Wildman–Crippen MR) is 62.4 cm³/mol. The van der Waals surface area contributed by atoms with Crippen LogP contribution in [0.4, 0.5) is 0 Å². The molecule has 3 rings (SSSR count). The molecule has 3 nitrogen and oxygen atoms in total. The van der Waals surface area contributed by atoms with E-state index in [1.165, 1.54) is 0 Å². The SMILES string of the molecule is N#Cc1ccc2c(c1)nc(Cl)c1cccn12. The van der Waals surface area contributed by atoms with Gasteiger partial charge in [-0.25, -0.2) is 4.98 Å². The molecule has 0 N–H and O–H groups in total. The van der Waals surface area contributed by atoms with Crippen LogP contribution in [0.2, 0.25) is 5.15 Å². The normalized spacial score (nSPS) is 10.8. The van der Waals surface area contributed by atoms with Crippen LogP contribution in [0.15, 0.2) is 36.5 Å². The molecule has 1 aromatic carbocycles. The lowest BCUT2D eigenvalue weighted by Crippen LogP contribution is -1.91. The molecule has 0 radical (unpaired) electrons. The van der Waals surface area contributed by atoms with Crippen molar-refractivity contribution in [1.82, 2.24) is 9.38 Å². The zero-order valence-corrected chi connectivity index (χ0v) is 8.94. The number of benzene rings is 1. The summed E-state index contributed by atoms with van der Waals surface area (Å²) in [6.07, 6.45) is 1.93. The molecule has 2 aromatic heterocycles. The highest BCUT2D eigenvalue weighted by Crippen LogP contribution is 2.22. The van der Waals surface area contributed by atoms with Crippen LogP contribution in [0.1, 0.15) is 5.56 Å². The van der Waals surface area contributed by atoms with Crippen molar-refractivity contribution in [3.63, 3.8) is 0 Å². The van der Waals surface area contributed by atoms with Crippen molar-refractivity contribution in [2.75, 3.05) is 0 Å². The zero-order chi connectivity index (χ0) is 11.1. The fourth-order valence-electron chi connectivity index (χ4n) is 1.81. The van der Waals surface area contributed by atoms with Gasteiger partial charge in [-0.05, 0) is 30.3 Å². The third-order valence-corrected chi connectivity index (χ3v) is 2.82. The molecule has 2 heterocycles. The molecule has 0 saturated carbocycles. The van der Waals surface area contributed by atoms with E-state index in [0.717, 1.165) is 16.6 Å². The van der Waals surface area contributed by atoms with Crippen LogP contribution >= 0.6 is 11.6 Å². The molecule has 0 atom stereocenters. The zero-order valence-electron chi connectivity index (χ0n) is 8.18. The van der Waals surface area contributed by atoms with E-state index in [1.807, 2.05) is 28.8 Å². The summed E-state index contributed by atoms with van der Waals surface area (Å²) >= 11 is 6.06. The maximum Gasteiger partial charge on any atom is 0.153 e. The second-order valence-corrected chi connectivity index (χ2v) is 3.84. The highest BCUT2D eigenvalue weighted by atomic mass is 35.5. The summed E-state index contributed by atoms with van der Waals surface area (Å²) in [5.74, 6) is 0. The van der Waals surface area contributed by atoms with Gasteiger partial charge in [0.15, 0.2) is 5.15 Å². The van der Waals surface area contributed by atoms with Crippen molar-refractivity contribution in [1.29, 1.82) is 5.26 Å². The van der Waals surface area contributed by atoms with Gasteiger partial charge in [0.1, 0.15) is 0 Å². The van der Waals surface area contributed by atoms with Crippen molar-refractivity contribution in [3.8, 4) is 6.07 Å². The Morgan fingerprint density at radius 1 is 1.25 bits per heavy atom. The molecular formula is C12H6ClN3. The van der Waals surface area contributed by atoms with Gasteiger partial charge in [0.25, 0.3) is 0 Å². The summed E-state index contributed by atoms with van der Waals surface area (Å²) in [7, 11) is 0. The number of aromatic nitrogens is 2. The van der Waals surface area contributed by atoms with Gasteiger partial charge in [0.05, 0.1) is 28.2 Å². The van der Waals surface area contributed by atoms with Crippen molar-refractivity contribution in [3.05, 3.63) is 47.2 Å². The molecule has 0 aliphatic carbocycles. The van der Waals surface area contributed by atoms with Crippen LogP contribution in [0.5, 0.6) is 0 Å². The van der Waals surface area contributed by atoms with Crippen LogP contribution < -0.4 is 0 Å². The van der Waals surface area contributed by atoms with E-state index in [4.69, 9.17) is 16.9 Å². The molecule has 0 amide bonds. The molecular weight excluding hydrogens is 222 g/mol. The lowest BCUT2D eigenvalue weighted by Gasteiger charge is -2.04. The van der Waals surface area contributed by atoms with E-state index in [9.17, 15) is 0 Å². The molecule has 16 heavy (non-hydrogen) atoms. The number of fused-ring (bicyclic) bond motifs is 3. The second-order valence-electron chi connectivity index (χ2n) is 3.48. The highest BCUT2D eigenvalue weighted by Gasteiger charge is 2.06. The first kappa shape index (κ1) is 9.20. The predicted octanol–water partition coefficient (Wildman–Crippen LogP) is 3.01. The summed E-state index contributed by atoms with van der Waals surface area (Å²) in [5.41, 5.74) is 3.14. The monoisotopic (exact) mass is 227 g/mol. The van der Waals surface area contributed by atoms with Gasteiger partial charge in [0, 0.05) is 6.20 Å². The van der Waals surface area contributed by atoms with Gasteiger partial charge in [-0.2, -0.15) is 5.26 Å². The Labute approximate surface area is 96.5 Å². The Morgan fingerprint density at radius 3 is 2.94 bits per heavy atom. The van der Waals surface area contributed by atoms with E-state index in [1.54, 1.807) is 12.1 Å². The van der Waals surface area contributed by atoms with E-state index in [2.05, 4.69) is 11.1 Å². The Hall–Kier alpha value is -2.05. The van der Waals surface area contributed by atoms with Crippen molar-refractivity contribution >= 4 is 28.2 Å². The van der Waals surface area contributed by atoms with Gasteiger partial charge in [-0.15, -0.1) is 0 Å². The maximum absolute atomic E-state index is 8.82. The fraction of sp³-hybridized carbons (Fsp3) is 0. The van der Waals surface area contributed by atoms with E-state index in [0.29, 0.717) is 10.7 Å². The Balaban J connectivity index is 2.54. The average Bonchev–Trinajstić information content (AvgIpc) is 2.78. The van der Waals surface area contributed by atoms with Gasteiger partial charge >= 0.3 is 0 Å². The van der Waals surface area contributed by atoms with Crippen LogP contribution in [-0.4, -0.2) is 9.38 Å².